The number of anilines is 2. The first-order valence-electron chi connectivity index (χ1n) is 7.90. The molecule has 1 heterocycles. The zero-order valence-electron chi connectivity index (χ0n) is 14.2. The number of carbonyl (C=O) groups is 1. The Morgan fingerprint density at radius 3 is 2.52 bits per heavy atom. The third kappa shape index (κ3) is 6.51. The molecule has 0 atom stereocenters. The Bertz CT molecular complexity index is 683. The molecule has 0 radical (unpaired) electrons. The first-order valence-corrected chi connectivity index (χ1v) is 8.69. The first kappa shape index (κ1) is 21.2. The number of benzene rings is 1. The van der Waals surface area contributed by atoms with Gasteiger partial charge in [-0.2, -0.15) is 0 Å². The van der Waals surface area contributed by atoms with Gasteiger partial charge < -0.3 is 10.1 Å². The number of nitrogens with one attached hydrogen (secondary N) is 2. The van der Waals surface area contributed by atoms with Crippen molar-refractivity contribution in [2.24, 2.45) is 0 Å². The predicted octanol–water partition coefficient (Wildman–Crippen LogP) is 4.45. The smallest absolute Gasteiger partial charge is 0.411 e. The van der Waals surface area contributed by atoms with E-state index in [0.29, 0.717) is 12.2 Å². The summed E-state index contributed by atoms with van der Waals surface area (Å²) in [7, 11) is 0. The van der Waals surface area contributed by atoms with Crippen LogP contribution >= 0.6 is 28.3 Å². The van der Waals surface area contributed by atoms with Crippen LogP contribution in [-0.2, 0) is 17.6 Å². The molecular formula is C17H22BrClN4O2. The van der Waals surface area contributed by atoms with Crippen molar-refractivity contribution >= 4 is 45.9 Å². The molecule has 0 saturated carbocycles. The number of nitrogens with zero attached hydrogens (tertiary/aromatic N) is 2. The van der Waals surface area contributed by atoms with Crippen molar-refractivity contribution in [1.82, 2.24) is 9.97 Å². The molecule has 1 aromatic heterocycles. The summed E-state index contributed by atoms with van der Waals surface area (Å²) in [4.78, 5) is 20.3. The number of carbonyl (C=O) groups excluding carboxylic acids is 1. The summed E-state index contributed by atoms with van der Waals surface area (Å²) in [5.41, 5.74) is 2.84. The minimum Gasteiger partial charge on any atom is -0.447 e. The lowest BCUT2D eigenvalue weighted by Crippen LogP contribution is -2.19. The molecule has 1 amide bonds. The van der Waals surface area contributed by atoms with Crippen LogP contribution in [0.1, 0.15) is 25.1 Å². The van der Waals surface area contributed by atoms with Crippen LogP contribution in [-0.4, -0.2) is 29.2 Å². The number of aromatic nitrogens is 2. The molecule has 0 bridgehead atoms. The number of hydrogen-bond donors (Lipinski definition) is 2. The SMILES string of the molecule is CCc1ncnc(NCCOC(=O)Nc2ccc(Br)cc2)c1CC.Cl. The number of ether oxygens (including phenoxy) is 1. The van der Waals surface area contributed by atoms with Gasteiger partial charge in [-0.05, 0) is 37.1 Å². The number of rotatable bonds is 7. The molecule has 2 N–H and O–H groups in total. The van der Waals surface area contributed by atoms with Gasteiger partial charge in [-0.15, -0.1) is 12.4 Å². The lowest BCUT2D eigenvalue weighted by molar-refractivity contribution is 0.166. The monoisotopic (exact) mass is 428 g/mol. The van der Waals surface area contributed by atoms with E-state index in [-0.39, 0.29) is 19.0 Å². The minimum atomic E-state index is -0.480. The van der Waals surface area contributed by atoms with Crippen molar-refractivity contribution in [3.8, 4) is 0 Å². The van der Waals surface area contributed by atoms with Crippen LogP contribution in [0.4, 0.5) is 16.3 Å². The summed E-state index contributed by atoms with van der Waals surface area (Å²) >= 11 is 3.34. The molecule has 2 aromatic rings. The van der Waals surface area contributed by atoms with Crippen molar-refractivity contribution in [2.75, 3.05) is 23.8 Å². The van der Waals surface area contributed by atoms with Gasteiger partial charge in [0.25, 0.3) is 0 Å². The van der Waals surface area contributed by atoms with E-state index in [9.17, 15) is 4.79 Å². The van der Waals surface area contributed by atoms with E-state index >= 15 is 0 Å². The molecule has 8 heteroatoms. The summed E-state index contributed by atoms with van der Waals surface area (Å²) < 4.78 is 6.11. The molecule has 0 saturated heterocycles. The van der Waals surface area contributed by atoms with Crippen LogP contribution in [0.3, 0.4) is 0 Å². The number of halogens is 2. The fraction of sp³-hybridized carbons (Fsp3) is 0.353. The molecule has 0 aliphatic heterocycles. The Morgan fingerprint density at radius 1 is 1.16 bits per heavy atom. The van der Waals surface area contributed by atoms with E-state index in [4.69, 9.17) is 4.74 Å². The zero-order chi connectivity index (χ0) is 17.4. The van der Waals surface area contributed by atoms with Gasteiger partial charge in [0, 0.05) is 21.4 Å². The van der Waals surface area contributed by atoms with Crippen molar-refractivity contribution in [2.45, 2.75) is 26.7 Å². The number of aryl methyl sites for hydroxylation is 1. The lowest BCUT2D eigenvalue weighted by Gasteiger charge is -2.12. The summed E-state index contributed by atoms with van der Waals surface area (Å²) in [5, 5.41) is 5.88. The van der Waals surface area contributed by atoms with Gasteiger partial charge in [-0.1, -0.05) is 29.8 Å². The fourth-order valence-electron chi connectivity index (χ4n) is 2.28. The molecule has 0 fully saturated rings. The Labute approximate surface area is 162 Å². The maximum absolute atomic E-state index is 11.7. The Morgan fingerprint density at radius 2 is 1.88 bits per heavy atom. The zero-order valence-corrected chi connectivity index (χ0v) is 16.6. The van der Waals surface area contributed by atoms with Crippen LogP contribution in [0, 0.1) is 0 Å². The van der Waals surface area contributed by atoms with Crippen molar-refractivity contribution in [1.29, 1.82) is 0 Å². The topological polar surface area (TPSA) is 76.1 Å². The van der Waals surface area contributed by atoms with Crippen molar-refractivity contribution in [3.05, 3.63) is 46.3 Å². The molecular weight excluding hydrogens is 408 g/mol. The van der Waals surface area contributed by atoms with Gasteiger partial charge in [0.1, 0.15) is 18.8 Å². The van der Waals surface area contributed by atoms with Crippen LogP contribution in [0.25, 0.3) is 0 Å². The second-order valence-corrected chi connectivity index (χ2v) is 5.96. The van der Waals surface area contributed by atoms with Gasteiger partial charge in [0.15, 0.2) is 0 Å². The molecule has 2 rings (SSSR count). The quantitative estimate of drug-likeness (QED) is 0.636. The van der Waals surface area contributed by atoms with E-state index < -0.39 is 6.09 Å². The van der Waals surface area contributed by atoms with E-state index in [1.807, 2.05) is 12.1 Å². The van der Waals surface area contributed by atoms with Gasteiger partial charge in [0.05, 0.1) is 6.54 Å². The molecule has 6 nitrogen and oxygen atoms in total. The molecule has 0 unspecified atom stereocenters. The van der Waals surface area contributed by atoms with Crippen LogP contribution in [0.15, 0.2) is 35.1 Å². The minimum absolute atomic E-state index is 0. The number of amides is 1. The highest BCUT2D eigenvalue weighted by Gasteiger charge is 2.08. The van der Waals surface area contributed by atoms with Gasteiger partial charge in [-0.25, -0.2) is 14.8 Å². The predicted molar refractivity (Wildman–Crippen MR) is 106 cm³/mol. The lowest BCUT2D eigenvalue weighted by atomic mass is 10.1. The second-order valence-electron chi connectivity index (χ2n) is 5.05. The molecule has 25 heavy (non-hydrogen) atoms. The van der Waals surface area contributed by atoms with E-state index in [1.54, 1.807) is 18.5 Å². The largest absolute Gasteiger partial charge is 0.447 e. The summed E-state index contributed by atoms with van der Waals surface area (Å²) in [6.07, 6.45) is 2.80. The van der Waals surface area contributed by atoms with Crippen LogP contribution < -0.4 is 10.6 Å². The number of hydrogen-bond acceptors (Lipinski definition) is 5. The summed E-state index contributed by atoms with van der Waals surface area (Å²) in [5.74, 6) is 0.807. The molecule has 1 aromatic carbocycles. The summed E-state index contributed by atoms with van der Waals surface area (Å²) in [6, 6.07) is 7.29. The van der Waals surface area contributed by atoms with E-state index in [0.717, 1.165) is 34.4 Å². The van der Waals surface area contributed by atoms with Crippen LogP contribution in [0.5, 0.6) is 0 Å². The molecule has 136 valence electrons. The fourth-order valence-corrected chi connectivity index (χ4v) is 2.54. The highest BCUT2D eigenvalue weighted by Crippen LogP contribution is 2.16. The summed E-state index contributed by atoms with van der Waals surface area (Å²) in [6.45, 7) is 4.88. The third-order valence-corrected chi connectivity index (χ3v) is 3.97. The van der Waals surface area contributed by atoms with Crippen LogP contribution in [0.2, 0.25) is 0 Å². The highest BCUT2D eigenvalue weighted by molar-refractivity contribution is 9.10. The molecule has 0 aliphatic carbocycles. The highest BCUT2D eigenvalue weighted by atomic mass is 79.9. The van der Waals surface area contributed by atoms with Crippen molar-refractivity contribution < 1.29 is 9.53 Å². The van der Waals surface area contributed by atoms with E-state index in [1.165, 1.54) is 0 Å². The average Bonchev–Trinajstić information content (AvgIpc) is 2.60. The Balaban J connectivity index is 0.00000312. The Hall–Kier alpha value is -1.86. The van der Waals surface area contributed by atoms with Gasteiger partial charge in [-0.3, -0.25) is 5.32 Å². The second kappa shape index (κ2) is 10.9. The van der Waals surface area contributed by atoms with E-state index in [2.05, 4.69) is 50.4 Å². The average molecular weight is 430 g/mol. The van der Waals surface area contributed by atoms with Crippen molar-refractivity contribution in [3.63, 3.8) is 0 Å². The molecule has 0 aliphatic rings. The maximum atomic E-state index is 11.7. The third-order valence-electron chi connectivity index (χ3n) is 3.44. The first-order chi connectivity index (χ1) is 11.6. The molecule has 0 spiro atoms. The van der Waals surface area contributed by atoms with Gasteiger partial charge in [0.2, 0.25) is 0 Å². The standard InChI is InChI=1S/C17H21BrN4O2.ClH/c1-3-14-15(4-2)20-11-21-16(14)19-9-10-24-17(23)22-13-7-5-12(18)6-8-13;/h5-8,11H,3-4,9-10H2,1-2H3,(H,22,23)(H,19,20,21);1H. The maximum Gasteiger partial charge on any atom is 0.411 e. The normalized spacial score (nSPS) is 9.88. The van der Waals surface area contributed by atoms with Gasteiger partial charge >= 0.3 is 6.09 Å². The Kier molecular flexibility index (Phi) is 9.23.